The number of amides is 2. The highest BCUT2D eigenvalue weighted by molar-refractivity contribution is 6.08. The summed E-state index contributed by atoms with van der Waals surface area (Å²) in [7, 11) is 1.85. The summed E-state index contributed by atoms with van der Waals surface area (Å²) in [6, 6.07) is 24.1. The number of nitriles is 1. The van der Waals surface area contributed by atoms with Crippen molar-refractivity contribution in [3.05, 3.63) is 89.0 Å². The van der Waals surface area contributed by atoms with Crippen molar-refractivity contribution >= 4 is 28.9 Å². The summed E-state index contributed by atoms with van der Waals surface area (Å²) in [4.78, 5) is 32.5. The van der Waals surface area contributed by atoms with Gasteiger partial charge in [0.1, 0.15) is 6.07 Å². The number of carbonyl (C=O) groups excluding carboxylic acids is 2. The molecule has 3 aliphatic heterocycles. The first-order valence-corrected chi connectivity index (χ1v) is 13.9. The van der Waals surface area contributed by atoms with Crippen molar-refractivity contribution in [1.82, 2.24) is 4.90 Å². The minimum Gasteiger partial charge on any atom is -0.381 e. The van der Waals surface area contributed by atoms with Gasteiger partial charge in [0.2, 0.25) is 5.91 Å². The molecule has 2 saturated heterocycles. The van der Waals surface area contributed by atoms with Crippen molar-refractivity contribution in [2.75, 3.05) is 55.0 Å². The number of para-hydroxylation sites is 1. The minimum absolute atomic E-state index is 0.00327. The van der Waals surface area contributed by atoms with Gasteiger partial charge in [-0.05, 0) is 54.8 Å². The van der Waals surface area contributed by atoms with E-state index < -0.39 is 0 Å². The summed E-state index contributed by atoms with van der Waals surface area (Å²) in [6.45, 7) is 5.48. The summed E-state index contributed by atoms with van der Waals surface area (Å²) in [6.07, 6.45) is 0.719. The molecule has 2 amide bonds. The van der Waals surface area contributed by atoms with Gasteiger partial charge >= 0.3 is 0 Å². The van der Waals surface area contributed by atoms with Crippen LogP contribution in [0.2, 0.25) is 0 Å². The molecule has 40 heavy (non-hydrogen) atoms. The van der Waals surface area contributed by atoms with E-state index in [9.17, 15) is 14.9 Å². The fourth-order valence-electron chi connectivity index (χ4n) is 6.32. The Morgan fingerprint density at radius 3 is 2.55 bits per heavy atom. The van der Waals surface area contributed by atoms with Crippen LogP contribution in [0, 0.1) is 17.2 Å². The van der Waals surface area contributed by atoms with Gasteiger partial charge in [-0.15, -0.1) is 0 Å². The average Bonchev–Trinajstić information content (AvgIpc) is 3.50. The third-order valence-electron chi connectivity index (χ3n) is 8.40. The fraction of sp³-hybridized carbons (Fsp3) is 0.344. The van der Waals surface area contributed by atoms with Crippen LogP contribution in [0.15, 0.2) is 66.7 Å². The third kappa shape index (κ3) is 4.61. The van der Waals surface area contributed by atoms with Gasteiger partial charge in [-0.2, -0.15) is 5.26 Å². The van der Waals surface area contributed by atoms with Gasteiger partial charge in [0.25, 0.3) is 5.91 Å². The maximum atomic E-state index is 13.4. The molecule has 0 saturated carbocycles. The number of hydrogen-bond donors (Lipinski definition) is 1. The highest BCUT2D eigenvalue weighted by Gasteiger charge is 2.37. The molecule has 3 atom stereocenters. The SMILES string of the molecule is C[C@@H]1CN(C2c3ccccc3C(=O)N(C)c3ccccc32)CCN1c1ccc(NC(=O)C2CCOC2)cc1C#N. The Kier molecular flexibility index (Phi) is 7.01. The summed E-state index contributed by atoms with van der Waals surface area (Å²) in [5.41, 5.74) is 5.84. The van der Waals surface area contributed by atoms with E-state index in [2.05, 4.69) is 40.2 Å². The molecule has 204 valence electrons. The van der Waals surface area contributed by atoms with Gasteiger partial charge in [-0.25, -0.2) is 0 Å². The van der Waals surface area contributed by atoms with Crippen molar-refractivity contribution in [3.63, 3.8) is 0 Å². The van der Waals surface area contributed by atoms with E-state index in [1.54, 1.807) is 11.0 Å². The first kappa shape index (κ1) is 26.1. The molecule has 3 aromatic carbocycles. The zero-order valence-corrected chi connectivity index (χ0v) is 22.8. The van der Waals surface area contributed by atoms with Crippen molar-refractivity contribution in [2.45, 2.75) is 25.4 Å². The second kappa shape index (κ2) is 10.8. The maximum Gasteiger partial charge on any atom is 0.258 e. The molecule has 8 nitrogen and oxygen atoms in total. The molecule has 0 bridgehead atoms. The topological polar surface area (TPSA) is 88.9 Å². The number of carbonyl (C=O) groups is 2. The summed E-state index contributed by atoms with van der Waals surface area (Å²) < 4.78 is 5.34. The molecular weight excluding hydrogens is 502 g/mol. The lowest BCUT2D eigenvalue weighted by atomic mass is 9.92. The van der Waals surface area contributed by atoms with Crippen LogP contribution in [0.3, 0.4) is 0 Å². The van der Waals surface area contributed by atoms with E-state index in [0.717, 1.165) is 54.1 Å². The van der Waals surface area contributed by atoms with Crippen LogP contribution >= 0.6 is 0 Å². The molecule has 0 aromatic heterocycles. The predicted octanol–water partition coefficient (Wildman–Crippen LogP) is 4.42. The normalized spacial score (nSPS) is 22.7. The Morgan fingerprint density at radius 1 is 1.02 bits per heavy atom. The van der Waals surface area contributed by atoms with Crippen LogP contribution in [0.5, 0.6) is 0 Å². The Hall–Kier alpha value is -4.19. The number of nitrogens with zero attached hydrogens (tertiary/aromatic N) is 4. The number of ether oxygens (including phenoxy) is 1. The largest absolute Gasteiger partial charge is 0.381 e. The molecule has 3 aliphatic rings. The highest BCUT2D eigenvalue weighted by atomic mass is 16.5. The Morgan fingerprint density at radius 2 is 1.80 bits per heavy atom. The number of benzene rings is 3. The van der Waals surface area contributed by atoms with Crippen molar-refractivity contribution in [2.24, 2.45) is 5.92 Å². The molecule has 0 radical (unpaired) electrons. The first-order chi connectivity index (χ1) is 19.5. The zero-order chi connectivity index (χ0) is 27.8. The van der Waals surface area contributed by atoms with E-state index in [1.165, 1.54) is 0 Å². The molecular formula is C32H33N5O3. The lowest BCUT2D eigenvalue weighted by Crippen LogP contribution is -2.53. The van der Waals surface area contributed by atoms with Crippen molar-refractivity contribution in [3.8, 4) is 6.07 Å². The van der Waals surface area contributed by atoms with E-state index in [0.29, 0.717) is 24.5 Å². The van der Waals surface area contributed by atoms with Gasteiger partial charge in [0.05, 0.1) is 29.8 Å². The monoisotopic (exact) mass is 535 g/mol. The van der Waals surface area contributed by atoms with Crippen LogP contribution in [0.4, 0.5) is 17.1 Å². The van der Waals surface area contributed by atoms with Crippen LogP contribution in [-0.4, -0.2) is 62.7 Å². The molecule has 3 aromatic rings. The molecule has 1 N–H and O–H groups in total. The van der Waals surface area contributed by atoms with Crippen LogP contribution in [0.1, 0.15) is 46.4 Å². The fourth-order valence-corrected chi connectivity index (χ4v) is 6.32. The van der Waals surface area contributed by atoms with Gasteiger partial charge in [-0.3, -0.25) is 14.5 Å². The number of nitrogens with one attached hydrogen (secondary N) is 1. The molecule has 2 unspecified atom stereocenters. The van der Waals surface area contributed by atoms with Crippen molar-refractivity contribution < 1.29 is 14.3 Å². The minimum atomic E-state index is -0.146. The zero-order valence-electron chi connectivity index (χ0n) is 22.8. The lowest BCUT2D eigenvalue weighted by Gasteiger charge is -2.45. The molecule has 2 fully saturated rings. The second-order valence-corrected chi connectivity index (χ2v) is 10.8. The molecule has 6 rings (SSSR count). The highest BCUT2D eigenvalue weighted by Crippen LogP contribution is 2.41. The van der Waals surface area contributed by atoms with Gasteiger partial charge in [-0.1, -0.05) is 36.4 Å². The molecule has 3 heterocycles. The number of rotatable bonds is 4. The number of hydrogen-bond acceptors (Lipinski definition) is 6. The molecule has 0 aliphatic carbocycles. The third-order valence-corrected chi connectivity index (χ3v) is 8.40. The van der Waals surface area contributed by atoms with Crippen LogP contribution < -0.4 is 15.1 Å². The maximum absolute atomic E-state index is 13.4. The van der Waals surface area contributed by atoms with Crippen molar-refractivity contribution in [1.29, 1.82) is 5.26 Å². The van der Waals surface area contributed by atoms with Gasteiger partial charge in [0.15, 0.2) is 0 Å². The summed E-state index contributed by atoms with van der Waals surface area (Å²) >= 11 is 0. The van der Waals surface area contributed by atoms with E-state index >= 15 is 0 Å². The number of piperazine rings is 1. The molecule has 8 heteroatoms. The van der Waals surface area contributed by atoms with Gasteiger partial charge in [0, 0.05) is 56.3 Å². The predicted molar refractivity (Wildman–Crippen MR) is 155 cm³/mol. The lowest BCUT2D eigenvalue weighted by molar-refractivity contribution is -0.119. The number of anilines is 3. The Labute approximate surface area is 234 Å². The standard InChI is InChI=1S/C32H33N5O3/c1-21-19-36(30-25-7-3-4-8-26(25)32(39)35(2)29-10-6-5-9-27(29)30)14-15-37(21)28-12-11-24(17-23(28)18-33)34-31(38)22-13-16-40-20-22/h3-12,17,21-22,30H,13-16,19-20H2,1-2H3,(H,34,38)/t21-,22?,30?/m1/s1. The van der Waals surface area contributed by atoms with Gasteiger partial charge < -0.3 is 19.9 Å². The Bertz CT molecular complexity index is 1490. The van der Waals surface area contributed by atoms with E-state index in [4.69, 9.17) is 4.74 Å². The average molecular weight is 536 g/mol. The van der Waals surface area contributed by atoms with E-state index in [-0.39, 0.29) is 29.8 Å². The smallest absolute Gasteiger partial charge is 0.258 e. The summed E-state index contributed by atoms with van der Waals surface area (Å²) in [5, 5.41) is 13.0. The quantitative estimate of drug-likeness (QED) is 0.532. The van der Waals surface area contributed by atoms with Crippen LogP contribution in [0.25, 0.3) is 0 Å². The second-order valence-electron chi connectivity index (χ2n) is 10.8. The van der Waals surface area contributed by atoms with Crippen LogP contribution in [-0.2, 0) is 9.53 Å². The number of fused-ring (bicyclic) bond motifs is 2. The summed E-state index contributed by atoms with van der Waals surface area (Å²) in [5.74, 6) is -0.208. The Balaban J connectivity index is 1.26. The molecule has 0 spiro atoms. The first-order valence-electron chi connectivity index (χ1n) is 13.9. The van der Waals surface area contributed by atoms with E-state index in [1.807, 2.05) is 55.6 Å².